The Labute approximate surface area is 82.6 Å². The van der Waals surface area contributed by atoms with E-state index < -0.39 is 11.9 Å². The first-order valence-corrected chi connectivity index (χ1v) is 4.49. The maximum absolute atomic E-state index is 11.7. The van der Waals surface area contributed by atoms with Crippen LogP contribution in [0.15, 0.2) is 30.3 Å². The molecule has 1 fully saturated rings. The van der Waals surface area contributed by atoms with E-state index in [1.165, 1.54) is 7.11 Å². The number of hydrogen-bond donors (Lipinski definition) is 0. The Balaban J connectivity index is 2.16. The zero-order valence-corrected chi connectivity index (χ0v) is 8.19. The summed E-state index contributed by atoms with van der Waals surface area (Å²) in [6.45, 7) is 1.63. The van der Waals surface area contributed by atoms with Gasteiger partial charge in [0.2, 0.25) is 11.6 Å². The molecule has 2 rings (SSSR count). The van der Waals surface area contributed by atoms with Crippen LogP contribution in [0.3, 0.4) is 0 Å². The van der Waals surface area contributed by atoms with Crippen LogP contribution in [0.4, 0.5) is 0 Å². The standard InChI is InChI=1S/C11H12O3/c1-11(13-2)10(12)9(14-11)8-6-4-3-5-7-8/h3-7,9H,1-2H3. The summed E-state index contributed by atoms with van der Waals surface area (Å²) in [6.07, 6.45) is -0.457. The third-order valence-corrected chi connectivity index (χ3v) is 2.52. The van der Waals surface area contributed by atoms with Crippen molar-refractivity contribution in [3.63, 3.8) is 0 Å². The predicted octanol–water partition coefficient (Wildman–Crippen LogP) is 1.69. The lowest BCUT2D eigenvalue weighted by Gasteiger charge is -2.41. The summed E-state index contributed by atoms with van der Waals surface area (Å²) in [5, 5.41) is 0. The van der Waals surface area contributed by atoms with E-state index in [1.54, 1.807) is 6.92 Å². The van der Waals surface area contributed by atoms with E-state index in [0.29, 0.717) is 0 Å². The zero-order valence-electron chi connectivity index (χ0n) is 8.19. The maximum Gasteiger partial charge on any atom is 0.229 e. The Hall–Kier alpha value is -1.19. The largest absolute Gasteiger partial charge is 0.347 e. The Bertz CT molecular complexity index is 347. The second kappa shape index (κ2) is 3.19. The highest BCUT2D eigenvalue weighted by Gasteiger charge is 2.52. The summed E-state index contributed by atoms with van der Waals surface area (Å²) < 4.78 is 10.4. The highest BCUT2D eigenvalue weighted by atomic mass is 16.7. The van der Waals surface area contributed by atoms with E-state index in [-0.39, 0.29) is 5.78 Å². The average molecular weight is 192 g/mol. The fourth-order valence-electron chi connectivity index (χ4n) is 1.51. The normalized spacial score (nSPS) is 31.3. The number of ether oxygens (including phenoxy) is 2. The van der Waals surface area contributed by atoms with Crippen molar-refractivity contribution in [2.75, 3.05) is 7.11 Å². The molecule has 1 saturated heterocycles. The fourth-order valence-corrected chi connectivity index (χ4v) is 1.51. The highest BCUT2D eigenvalue weighted by Crippen LogP contribution is 2.39. The molecule has 0 spiro atoms. The first-order chi connectivity index (χ1) is 6.67. The molecule has 0 radical (unpaired) electrons. The molecule has 0 amide bonds. The number of hydrogen-bond acceptors (Lipinski definition) is 3. The molecule has 0 saturated carbocycles. The Morgan fingerprint density at radius 2 is 2.00 bits per heavy atom. The average Bonchev–Trinajstić information content (AvgIpc) is 2.26. The summed E-state index contributed by atoms with van der Waals surface area (Å²) in [6, 6.07) is 9.42. The monoisotopic (exact) mass is 192 g/mol. The lowest BCUT2D eigenvalue weighted by atomic mass is 9.94. The van der Waals surface area contributed by atoms with Crippen LogP contribution in [0.5, 0.6) is 0 Å². The van der Waals surface area contributed by atoms with Gasteiger partial charge in [0.1, 0.15) is 0 Å². The molecule has 3 heteroatoms. The molecule has 0 aromatic heterocycles. The van der Waals surface area contributed by atoms with E-state index >= 15 is 0 Å². The van der Waals surface area contributed by atoms with Gasteiger partial charge in [-0.05, 0) is 12.5 Å². The van der Waals surface area contributed by atoms with E-state index in [9.17, 15) is 4.79 Å². The SMILES string of the molecule is COC1(C)OC(c2ccccc2)C1=O. The summed E-state index contributed by atoms with van der Waals surface area (Å²) in [5.74, 6) is -1.06. The van der Waals surface area contributed by atoms with Crippen LogP contribution >= 0.6 is 0 Å². The van der Waals surface area contributed by atoms with Crippen LogP contribution in [-0.4, -0.2) is 18.7 Å². The van der Waals surface area contributed by atoms with Crippen LogP contribution < -0.4 is 0 Å². The number of carbonyl (C=O) groups excluding carboxylic acids is 1. The minimum Gasteiger partial charge on any atom is -0.347 e. The lowest BCUT2D eigenvalue weighted by molar-refractivity contribution is -0.279. The van der Waals surface area contributed by atoms with Crippen LogP contribution in [0.2, 0.25) is 0 Å². The topological polar surface area (TPSA) is 35.5 Å². The van der Waals surface area contributed by atoms with Gasteiger partial charge in [0.15, 0.2) is 6.10 Å². The van der Waals surface area contributed by atoms with Gasteiger partial charge in [-0.15, -0.1) is 0 Å². The van der Waals surface area contributed by atoms with Crippen LogP contribution in [0.1, 0.15) is 18.6 Å². The number of rotatable bonds is 2. The molecule has 1 aromatic carbocycles. The Morgan fingerprint density at radius 1 is 1.36 bits per heavy atom. The molecule has 0 N–H and O–H groups in total. The van der Waals surface area contributed by atoms with Gasteiger partial charge >= 0.3 is 0 Å². The summed E-state index contributed by atoms with van der Waals surface area (Å²) in [5.41, 5.74) is 0.882. The van der Waals surface area contributed by atoms with Gasteiger partial charge in [-0.2, -0.15) is 0 Å². The van der Waals surface area contributed by atoms with Gasteiger partial charge in [0, 0.05) is 7.11 Å². The third kappa shape index (κ3) is 1.25. The molecule has 1 aromatic rings. The number of benzene rings is 1. The van der Waals surface area contributed by atoms with Crippen molar-refractivity contribution in [2.24, 2.45) is 0 Å². The van der Waals surface area contributed by atoms with Gasteiger partial charge in [-0.3, -0.25) is 4.79 Å². The lowest BCUT2D eigenvalue weighted by Crippen LogP contribution is -2.55. The first kappa shape index (κ1) is 9.37. The van der Waals surface area contributed by atoms with Crippen molar-refractivity contribution in [1.82, 2.24) is 0 Å². The minimum atomic E-state index is -1.04. The molecule has 0 bridgehead atoms. The Kier molecular flexibility index (Phi) is 2.13. The highest BCUT2D eigenvalue weighted by molar-refractivity contribution is 5.95. The van der Waals surface area contributed by atoms with E-state index in [2.05, 4.69) is 0 Å². The molecule has 1 heterocycles. The third-order valence-electron chi connectivity index (χ3n) is 2.52. The van der Waals surface area contributed by atoms with Crippen molar-refractivity contribution in [2.45, 2.75) is 18.8 Å². The maximum atomic E-state index is 11.7. The van der Waals surface area contributed by atoms with Crippen molar-refractivity contribution in [3.05, 3.63) is 35.9 Å². The van der Waals surface area contributed by atoms with Gasteiger partial charge in [0.05, 0.1) is 0 Å². The summed E-state index contributed by atoms with van der Waals surface area (Å²) in [4.78, 5) is 11.7. The molecule has 1 aliphatic heterocycles. The molecule has 74 valence electrons. The van der Waals surface area contributed by atoms with Crippen molar-refractivity contribution in [3.8, 4) is 0 Å². The van der Waals surface area contributed by atoms with Crippen LogP contribution in [0.25, 0.3) is 0 Å². The predicted molar refractivity (Wildman–Crippen MR) is 50.7 cm³/mol. The number of carbonyl (C=O) groups is 1. The minimum absolute atomic E-state index is 0.0220. The first-order valence-electron chi connectivity index (χ1n) is 4.49. The van der Waals surface area contributed by atoms with Crippen LogP contribution in [-0.2, 0) is 14.3 Å². The molecule has 0 aliphatic carbocycles. The zero-order chi connectivity index (χ0) is 10.2. The van der Waals surface area contributed by atoms with E-state index in [1.807, 2.05) is 30.3 Å². The van der Waals surface area contributed by atoms with Gasteiger partial charge in [-0.1, -0.05) is 30.3 Å². The van der Waals surface area contributed by atoms with E-state index in [0.717, 1.165) is 5.56 Å². The smallest absolute Gasteiger partial charge is 0.229 e. The molecule has 1 aliphatic rings. The number of methoxy groups -OCH3 is 1. The fraction of sp³-hybridized carbons (Fsp3) is 0.364. The number of ketones is 1. The summed E-state index contributed by atoms with van der Waals surface area (Å²) >= 11 is 0. The van der Waals surface area contributed by atoms with Gasteiger partial charge in [-0.25, -0.2) is 0 Å². The molecule has 3 nitrogen and oxygen atoms in total. The second-order valence-corrected chi connectivity index (χ2v) is 3.42. The van der Waals surface area contributed by atoms with Gasteiger partial charge < -0.3 is 9.47 Å². The molecule has 2 unspecified atom stereocenters. The van der Waals surface area contributed by atoms with Crippen LogP contribution in [0, 0.1) is 0 Å². The van der Waals surface area contributed by atoms with Gasteiger partial charge in [0.25, 0.3) is 0 Å². The molecule has 14 heavy (non-hydrogen) atoms. The molecular weight excluding hydrogens is 180 g/mol. The summed E-state index contributed by atoms with van der Waals surface area (Å²) in [7, 11) is 1.47. The molecular formula is C11H12O3. The Morgan fingerprint density at radius 3 is 2.50 bits per heavy atom. The van der Waals surface area contributed by atoms with E-state index in [4.69, 9.17) is 9.47 Å². The second-order valence-electron chi connectivity index (χ2n) is 3.42. The van der Waals surface area contributed by atoms with Crippen molar-refractivity contribution >= 4 is 5.78 Å². The molecule has 2 atom stereocenters. The van der Waals surface area contributed by atoms with Crippen molar-refractivity contribution < 1.29 is 14.3 Å². The quantitative estimate of drug-likeness (QED) is 0.715. The number of Topliss-reactive ketones (excluding diaryl/α,β-unsaturated/α-hetero) is 1. The van der Waals surface area contributed by atoms with Crippen molar-refractivity contribution in [1.29, 1.82) is 0 Å².